The van der Waals surface area contributed by atoms with Gasteiger partial charge in [-0.25, -0.2) is 4.79 Å². The molecule has 7 heteroatoms. The zero-order chi connectivity index (χ0) is 20.2. The first-order chi connectivity index (χ1) is 12.1. The van der Waals surface area contributed by atoms with E-state index in [4.69, 9.17) is 9.47 Å². The summed E-state index contributed by atoms with van der Waals surface area (Å²) in [5.74, 6) is 1.19. The molecule has 0 aliphatic carbocycles. The third kappa shape index (κ3) is 12.0. The van der Waals surface area contributed by atoms with Crippen LogP contribution in [0.1, 0.15) is 54.4 Å². The Kier molecular flexibility index (Phi) is 12.1. The van der Waals surface area contributed by atoms with Crippen LogP contribution in [0.4, 0.5) is 4.79 Å². The van der Waals surface area contributed by atoms with Crippen LogP contribution in [-0.4, -0.2) is 69.0 Å². The number of nitrogens with one attached hydrogen (secondary N) is 2. The summed E-state index contributed by atoms with van der Waals surface area (Å²) in [5, 5.41) is 6.30. The second kappa shape index (κ2) is 12.8. The Labute approximate surface area is 159 Å². The number of nitrogens with zero attached hydrogens (tertiary/aromatic N) is 2. The van der Waals surface area contributed by atoms with Crippen molar-refractivity contribution in [3.05, 3.63) is 0 Å². The number of carbonyl (C=O) groups excluding carboxylic acids is 1. The molecule has 0 saturated heterocycles. The van der Waals surface area contributed by atoms with Crippen LogP contribution in [0, 0.1) is 5.92 Å². The van der Waals surface area contributed by atoms with E-state index in [1.807, 2.05) is 27.8 Å². The summed E-state index contributed by atoms with van der Waals surface area (Å²) in [6.45, 7) is 14.9. The third-order valence-corrected chi connectivity index (χ3v) is 3.75. The van der Waals surface area contributed by atoms with Gasteiger partial charge in [-0.1, -0.05) is 13.8 Å². The maximum absolute atomic E-state index is 12.1. The van der Waals surface area contributed by atoms with Crippen molar-refractivity contribution in [1.82, 2.24) is 15.5 Å². The fourth-order valence-corrected chi connectivity index (χ4v) is 2.33. The van der Waals surface area contributed by atoms with Crippen molar-refractivity contribution in [3.8, 4) is 0 Å². The van der Waals surface area contributed by atoms with Gasteiger partial charge in [0.2, 0.25) is 0 Å². The molecule has 0 fully saturated rings. The fourth-order valence-electron chi connectivity index (χ4n) is 2.33. The van der Waals surface area contributed by atoms with E-state index in [2.05, 4.69) is 41.3 Å². The van der Waals surface area contributed by atoms with E-state index >= 15 is 0 Å². The lowest BCUT2D eigenvalue weighted by Crippen LogP contribution is -2.45. The van der Waals surface area contributed by atoms with Crippen LogP contribution in [-0.2, 0) is 9.47 Å². The number of ether oxygens (including phenoxy) is 2. The quantitative estimate of drug-likeness (QED) is 0.350. The van der Waals surface area contributed by atoms with Crippen molar-refractivity contribution in [1.29, 1.82) is 0 Å². The molecule has 0 aromatic carbocycles. The number of amides is 1. The van der Waals surface area contributed by atoms with Crippen molar-refractivity contribution >= 4 is 12.1 Å². The number of aliphatic imine (C=N–C) groups is 1. The van der Waals surface area contributed by atoms with Crippen molar-refractivity contribution < 1.29 is 14.3 Å². The molecule has 1 amide bonds. The Bertz CT molecular complexity index is 419. The predicted octanol–water partition coefficient (Wildman–Crippen LogP) is 2.86. The first kappa shape index (κ1) is 24.5. The molecule has 154 valence electrons. The lowest BCUT2D eigenvalue weighted by molar-refractivity contribution is 0.0486. The van der Waals surface area contributed by atoms with Gasteiger partial charge in [0.15, 0.2) is 5.96 Å². The van der Waals surface area contributed by atoms with E-state index in [0.717, 1.165) is 38.4 Å². The highest BCUT2D eigenvalue weighted by Gasteiger charge is 2.22. The summed E-state index contributed by atoms with van der Waals surface area (Å²) in [7, 11) is 3.72. The summed E-state index contributed by atoms with van der Waals surface area (Å²) >= 11 is 0. The summed E-state index contributed by atoms with van der Waals surface area (Å²) in [6.07, 6.45) is 1.35. The van der Waals surface area contributed by atoms with Crippen LogP contribution in [0.25, 0.3) is 0 Å². The predicted molar refractivity (Wildman–Crippen MR) is 108 cm³/mol. The second-order valence-corrected chi connectivity index (χ2v) is 7.79. The number of alkyl carbamates (subject to hydrolysis) is 1. The molecule has 0 bridgehead atoms. The Hall–Kier alpha value is -1.50. The Balaban J connectivity index is 4.65. The van der Waals surface area contributed by atoms with Crippen molar-refractivity contribution in [2.45, 2.75) is 66.0 Å². The number of carbonyl (C=O) groups is 1. The lowest BCUT2D eigenvalue weighted by Gasteiger charge is -2.28. The summed E-state index contributed by atoms with van der Waals surface area (Å²) in [5.41, 5.74) is -0.491. The van der Waals surface area contributed by atoms with Gasteiger partial charge in [-0.05, 0) is 46.5 Å². The first-order valence-electron chi connectivity index (χ1n) is 9.58. The minimum Gasteiger partial charge on any atom is -0.444 e. The molecule has 0 rings (SSSR count). The topological polar surface area (TPSA) is 75.2 Å². The van der Waals surface area contributed by atoms with Crippen LogP contribution in [0.2, 0.25) is 0 Å². The molecule has 0 saturated carbocycles. The molecule has 1 atom stereocenters. The molecule has 0 aromatic heterocycles. The van der Waals surface area contributed by atoms with E-state index in [9.17, 15) is 4.79 Å². The van der Waals surface area contributed by atoms with Gasteiger partial charge < -0.3 is 25.0 Å². The van der Waals surface area contributed by atoms with Gasteiger partial charge in [-0.2, -0.15) is 0 Å². The van der Waals surface area contributed by atoms with E-state index in [0.29, 0.717) is 12.5 Å². The zero-order valence-electron chi connectivity index (χ0n) is 18.0. The van der Waals surface area contributed by atoms with Gasteiger partial charge in [-0.3, -0.25) is 4.99 Å². The number of hydrogen-bond donors (Lipinski definition) is 2. The van der Waals surface area contributed by atoms with Gasteiger partial charge in [0, 0.05) is 46.4 Å². The normalized spacial score (nSPS) is 13.5. The van der Waals surface area contributed by atoms with Crippen molar-refractivity contribution in [3.63, 3.8) is 0 Å². The van der Waals surface area contributed by atoms with Crippen molar-refractivity contribution in [2.75, 3.05) is 40.4 Å². The Morgan fingerprint density at radius 2 is 1.92 bits per heavy atom. The van der Waals surface area contributed by atoms with Gasteiger partial charge in [-0.15, -0.1) is 0 Å². The van der Waals surface area contributed by atoms with E-state index in [1.165, 1.54) is 0 Å². The van der Waals surface area contributed by atoms with Crippen LogP contribution >= 0.6 is 0 Å². The average Bonchev–Trinajstić information content (AvgIpc) is 2.52. The highest BCUT2D eigenvalue weighted by molar-refractivity contribution is 5.79. The Morgan fingerprint density at radius 3 is 2.42 bits per heavy atom. The molecule has 0 spiro atoms. The van der Waals surface area contributed by atoms with Crippen LogP contribution in [0.15, 0.2) is 4.99 Å². The molecule has 0 aromatic rings. The molecular weight excluding hydrogens is 332 g/mol. The summed E-state index contributed by atoms with van der Waals surface area (Å²) < 4.78 is 10.4. The fraction of sp³-hybridized carbons (Fsp3) is 0.895. The van der Waals surface area contributed by atoms with Gasteiger partial charge in [0.25, 0.3) is 0 Å². The van der Waals surface area contributed by atoms with Crippen LogP contribution < -0.4 is 10.6 Å². The third-order valence-electron chi connectivity index (χ3n) is 3.75. The van der Waals surface area contributed by atoms with Crippen molar-refractivity contribution in [2.24, 2.45) is 10.9 Å². The van der Waals surface area contributed by atoms with Crippen LogP contribution in [0.3, 0.4) is 0 Å². The van der Waals surface area contributed by atoms with Crippen LogP contribution in [0.5, 0.6) is 0 Å². The van der Waals surface area contributed by atoms with E-state index in [-0.39, 0.29) is 12.1 Å². The monoisotopic (exact) mass is 372 g/mol. The molecule has 0 aliphatic rings. The van der Waals surface area contributed by atoms with E-state index in [1.54, 1.807) is 7.11 Å². The average molecular weight is 373 g/mol. The number of guanidine groups is 1. The number of rotatable bonds is 10. The van der Waals surface area contributed by atoms with Gasteiger partial charge >= 0.3 is 6.09 Å². The number of methoxy groups -OCH3 is 1. The largest absolute Gasteiger partial charge is 0.444 e. The molecule has 2 N–H and O–H groups in total. The highest BCUT2D eigenvalue weighted by Crippen LogP contribution is 2.11. The minimum absolute atomic E-state index is 0.0451. The second-order valence-electron chi connectivity index (χ2n) is 7.79. The zero-order valence-corrected chi connectivity index (χ0v) is 18.0. The molecule has 0 aliphatic heterocycles. The first-order valence-corrected chi connectivity index (χ1v) is 9.58. The Morgan fingerprint density at radius 1 is 1.27 bits per heavy atom. The summed E-state index contributed by atoms with van der Waals surface area (Å²) in [4.78, 5) is 18.8. The minimum atomic E-state index is -0.491. The summed E-state index contributed by atoms with van der Waals surface area (Å²) in [6, 6.07) is 0.0451. The molecule has 1 unspecified atom stereocenters. The van der Waals surface area contributed by atoms with E-state index < -0.39 is 5.60 Å². The molecule has 7 nitrogen and oxygen atoms in total. The van der Waals surface area contributed by atoms with Gasteiger partial charge in [0.05, 0.1) is 0 Å². The molecule has 0 radical (unpaired) electrons. The smallest absolute Gasteiger partial charge is 0.407 e. The standard InChI is InChI=1S/C19H40N4O3/c1-9-20-17(21-12-10-14-25-8)23(7)13-11-16(15(2)3)22-18(24)26-19(4,5)6/h15-16H,9-14H2,1-8H3,(H,20,21)(H,22,24). The SMILES string of the molecule is CCNC(=NCCCOC)N(C)CCC(NC(=O)OC(C)(C)C)C(C)C. The molecule has 0 heterocycles. The lowest BCUT2D eigenvalue weighted by atomic mass is 10.0. The maximum Gasteiger partial charge on any atom is 0.407 e. The highest BCUT2D eigenvalue weighted by atomic mass is 16.6. The molecule has 26 heavy (non-hydrogen) atoms. The van der Waals surface area contributed by atoms with Gasteiger partial charge in [0.1, 0.15) is 5.60 Å². The maximum atomic E-state index is 12.1. The number of hydrogen-bond acceptors (Lipinski definition) is 4. The molecular formula is C19H40N4O3.